The van der Waals surface area contributed by atoms with E-state index in [-0.39, 0.29) is 5.92 Å². The van der Waals surface area contributed by atoms with E-state index < -0.39 is 0 Å². The van der Waals surface area contributed by atoms with E-state index in [1.807, 2.05) is 26.0 Å². The van der Waals surface area contributed by atoms with Gasteiger partial charge in [-0.3, -0.25) is 0 Å². The number of rotatable bonds is 4. The summed E-state index contributed by atoms with van der Waals surface area (Å²) in [6, 6.07) is 5.46. The Kier molecular flexibility index (Phi) is 3.51. The number of carbonyl (C=O) groups is 1. The molecular formula is C11H15NO2. The van der Waals surface area contributed by atoms with Crippen molar-refractivity contribution in [3.63, 3.8) is 0 Å². The number of carbonyl (C=O) groups excluding carboxylic acids is 1. The van der Waals surface area contributed by atoms with Crippen molar-refractivity contribution in [3.05, 3.63) is 23.8 Å². The lowest BCUT2D eigenvalue weighted by molar-refractivity contribution is -0.108. The Bertz CT molecular complexity index is 323. The van der Waals surface area contributed by atoms with Crippen LogP contribution in [-0.2, 0) is 4.79 Å². The highest BCUT2D eigenvalue weighted by Crippen LogP contribution is 2.31. The van der Waals surface area contributed by atoms with Crippen molar-refractivity contribution >= 4 is 12.0 Å². The lowest BCUT2D eigenvalue weighted by Crippen LogP contribution is -2.04. The maximum Gasteiger partial charge on any atom is 0.146 e. The van der Waals surface area contributed by atoms with Gasteiger partial charge in [0.15, 0.2) is 0 Å². The number of para-hydroxylation sites is 1. The quantitative estimate of drug-likeness (QED) is 0.587. The number of aldehydes is 1. The summed E-state index contributed by atoms with van der Waals surface area (Å²) in [6.07, 6.45) is 0.886. The summed E-state index contributed by atoms with van der Waals surface area (Å²) >= 11 is 0. The van der Waals surface area contributed by atoms with E-state index in [4.69, 9.17) is 10.5 Å². The molecule has 0 fully saturated rings. The van der Waals surface area contributed by atoms with Gasteiger partial charge in [-0.1, -0.05) is 19.1 Å². The highest BCUT2D eigenvalue weighted by molar-refractivity contribution is 5.68. The van der Waals surface area contributed by atoms with Crippen LogP contribution in [-0.4, -0.2) is 12.9 Å². The molecule has 0 bridgehead atoms. The van der Waals surface area contributed by atoms with Gasteiger partial charge >= 0.3 is 0 Å². The molecule has 0 spiro atoms. The first-order chi connectivity index (χ1) is 6.70. The predicted octanol–water partition coefficient (Wildman–Crippen LogP) is 1.97. The Balaban J connectivity index is 3.13. The Morgan fingerprint density at radius 1 is 1.57 bits per heavy atom. The first-order valence-electron chi connectivity index (χ1n) is 4.67. The van der Waals surface area contributed by atoms with Gasteiger partial charge in [0, 0.05) is 11.5 Å². The Hall–Kier alpha value is -1.51. The molecule has 0 amide bonds. The van der Waals surface area contributed by atoms with Crippen LogP contribution in [0.15, 0.2) is 18.2 Å². The topological polar surface area (TPSA) is 52.3 Å². The van der Waals surface area contributed by atoms with E-state index in [1.54, 1.807) is 6.07 Å². The maximum atomic E-state index is 10.7. The van der Waals surface area contributed by atoms with E-state index in [0.717, 1.165) is 11.8 Å². The number of nitrogen functional groups attached to an aromatic ring is 1. The fraction of sp³-hybridized carbons (Fsp3) is 0.364. The minimum atomic E-state index is -0.181. The van der Waals surface area contributed by atoms with E-state index in [2.05, 4.69) is 0 Å². The van der Waals surface area contributed by atoms with Gasteiger partial charge in [-0.15, -0.1) is 0 Å². The lowest BCUT2D eigenvalue weighted by Gasteiger charge is -2.14. The van der Waals surface area contributed by atoms with Gasteiger partial charge in [0.25, 0.3) is 0 Å². The Morgan fingerprint density at radius 2 is 2.29 bits per heavy atom. The summed E-state index contributed by atoms with van der Waals surface area (Å²) in [5.74, 6) is 0.453. The highest BCUT2D eigenvalue weighted by atomic mass is 16.5. The zero-order valence-corrected chi connectivity index (χ0v) is 8.49. The van der Waals surface area contributed by atoms with Crippen LogP contribution >= 0.6 is 0 Å². The second kappa shape index (κ2) is 4.65. The smallest absolute Gasteiger partial charge is 0.146 e. The van der Waals surface area contributed by atoms with Gasteiger partial charge in [-0.05, 0) is 13.0 Å². The van der Waals surface area contributed by atoms with Crippen LogP contribution < -0.4 is 10.5 Å². The predicted molar refractivity (Wildman–Crippen MR) is 56.5 cm³/mol. The van der Waals surface area contributed by atoms with Gasteiger partial charge in [0.2, 0.25) is 0 Å². The van der Waals surface area contributed by atoms with Crippen molar-refractivity contribution in [2.75, 3.05) is 12.3 Å². The van der Waals surface area contributed by atoms with Crippen LogP contribution in [0.4, 0.5) is 5.69 Å². The highest BCUT2D eigenvalue weighted by Gasteiger charge is 2.12. The molecule has 76 valence electrons. The molecular weight excluding hydrogens is 178 g/mol. The number of hydrogen-bond acceptors (Lipinski definition) is 3. The van der Waals surface area contributed by atoms with Crippen LogP contribution in [0.25, 0.3) is 0 Å². The molecule has 0 saturated heterocycles. The monoisotopic (exact) mass is 193 g/mol. The SMILES string of the molecule is CCOc1c(N)cccc1C(C)C=O. The Morgan fingerprint density at radius 3 is 2.86 bits per heavy atom. The summed E-state index contributed by atoms with van der Waals surface area (Å²) in [4.78, 5) is 10.7. The second-order valence-corrected chi connectivity index (χ2v) is 3.12. The lowest BCUT2D eigenvalue weighted by atomic mass is 10.0. The van der Waals surface area contributed by atoms with Crippen molar-refractivity contribution in [1.82, 2.24) is 0 Å². The van der Waals surface area contributed by atoms with Gasteiger partial charge < -0.3 is 15.3 Å². The molecule has 1 rings (SSSR count). The molecule has 0 aliphatic heterocycles. The van der Waals surface area contributed by atoms with Gasteiger partial charge in [-0.25, -0.2) is 0 Å². The molecule has 1 aromatic rings. The van der Waals surface area contributed by atoms with Crippen molar-refractivity contribution < 1.29 is 9.53 Å². The number of benzene rings is 1. The van der Waals surface area contributed by atoms with Crippen LogP contribution in [0, 0.1) is 0 Å². The third kappa shape index (κ3) is 2.05. The van der Waals surface area contributed by atoms with Crippen molar-refractivity contribution in [2.45, 2.75) is 19.8 Å². The van der Waals surface area contributed by atoms with Crippen LogP contribution in [0.2, 0.25) is 0 Å². The number of hydrogen-bond donors (Lipinski definition) is 1. The van der Waals surface area contributed by atoms with E-state index in [9.17, 15) is 4.79 Å². The summed E-state index contributed by atoms with van der Waals surface area (Å²) < 4.78 is 5.41. The average molecular weight is 193 g/mol. The van der Waals surface area contributed by atoms with Crippen LogP contribution in [0.3, 0.4) is 0 Å². The summed E-state index contributed by atoms with van der Waals surface area (Å²) in [5, 5.41) is 0. The maximum absolute atomic E-state index is 10.7. The molecule has 0 radical (unpaired) electrons. The first-order valence-corrected chi connectivity index (χ1v) is 4.67. The summed E-state index contributed by atoms with van der Waals surface area (Å²) in [7, 11) is 0. The third-order valence-corrected chi connectivity index (χ3v) is 2.06. The van der Waals surface area contributed by atoms with Gasteiger partial charge in [-0.2, -0.15) is 0 Å². The molecule has 0 heterocycles. The Labute approximate surface area is 83.9 Å². The molecule has 0 saturated carbocycles. The van der Waals surface area contributed by atoms with Crippen molar-refractivity contribution in [3.8, 4) is 5.75 Å². The zero-order chi connectivity index (χ0) is 10.6. The standard InChI is InChI=1S/C11H15NO2/c1-3-14-11-9(8(2)7-13)5-4-6-10(11)12/h4-8H,3,12H2,1-2H3. The third-order valence-electron chi connectivity index (χ3n) is 2.06. The van der Waals surface area contributed by atoms with E-state index in [0.29, 0.717) is 18.0 Å². The average Bonchev–Trinajstić information content (AvgIpc) is 2.20. The molecule has 0 aliphatic rings. The largest absolute Gasteiger partial charge is 0.491 e. The zero-order valence-electron chi connectivity index (χ0n) is 8.49. The van der Waals surface area contributed by atoms with Gasteiger partial charge in [0.05, 0.1) is 12.3 Å². The minimum Gasteiger partial charge on any atom is -0.491 e. The number of ether oxygens (including phenoxy) is 1. The number of anilines is 1. The molecule has 0 aliphatic carbocycles. The number of nitrogens with two attached hydrogens (primary N) is 1. The molecule has 0 aromatic heterocycles. The molecule has 3 heteroatoms. The normalized spacial score (nSPS) is 12.1. The molecule has 1 unspecified atom stereocenters. The molecule has 1 aromatic carbocycles. The first kappa shape index (κ1) is 10.6. The fourth-order valence-corrected chi connectivity index (χ4v) is 1.32. The van der Waals surface area contributed by atoms with Crippen LogP contribution in [0.1, 0.15) is 25.3 Å². The van der Waals surface area contributed by atoms with Crippen LogP contribution in [0.5, 0.6) is 5.75 Å². The molecule has 3 nitrogen and oxygen atoms in total. The molecule has 2 N–H and O–H groups in total. The molecule has 1 atom stereocenters. The second-order valence-electron chi connectivity index (χ2n) is 3.12. The van der Waals surface area contributed by atoms with E-state index in [1.165, 1.54) is 0 Å². The summed E-state index contributed by atoms with van der Waals surface area (Å²) in [6.45, 7) is 4.26. The van der Waals surface area contributed by atoms with Crippen molar-refractivity contribution in [1.29, 1.82) is 0 Å². The van der Waals surface area contributed by atoms with E-state index >= 15 is 0 Å². The molecule has 14 heavy (non-hydrogen) atoms. The summed E-state index contributed by atoms with van der Waals surface area (Å²) in [5.41, 5.74) is 7.19. The fourth-order valence-electron chi connectivity index (χ4n) is 1.32. The van der Waals surface area contributed by atoms with Gasteiger partial charge in [0.1, 0.15) is 12.0 Å². The van der Waals surface area contributed by atoms with Crippen molar-refractivity contribution in [2.24, 2.45) is 0 Å². The minimum absolute atomic E-state index is 0.181.